The van der Waals surface area contributed by atoms with Crippen molar-refractivity contribution >= 4 is 17.5 Å². The van der Waals surface area contributed by atoms with Crippen LogP contribution in [0.4, 0.5) is 0 Å². The number of hydrogen-bond donors (Lipinski definition) is 0. The van der Waals surface area contributed by atoms with Crippen molar-refractivity contribution in [1.82, 2.24) is 14.7 Å². The van der Waals surface area contributed by atoms with E-state index in [4.69, 9.17) is 16.3 Å². The fraction of sp³-hybridized carbons (Fsp3) is 0.444. The van der Waals surface area contributed by atoms with Gasteiger partial charge in [0.25, 0.3) is 0 Å². The summed E-state index contributed by atoms with van der Waals surface area (Å²) in [5.74, 6) is 0.949. The van der Waals surface area contributed by atoms with E-state index in [9.17, 15) is 4.79 Å². The predicted octanol–water partition coefficient (Wildman–Crippen LogP) is 3.24. The Hall–Kier alpha value is -2.01. The van der Waals surface area contributed by atoms with Gasteiger partial charge in [-0.1, -0.05) is 18.5 Å². The number of halogens is 1. The third kappa shape index (κ3) is 4.29. The molecule has 0 radical (unpaired) electrons. The number of hydrogen-bond acceptors (Lipinski definition) is 3. The summed E-state index contributed by atoms with van der Waals surface area (Å²) in [7, 11) is 0. The Labute approximate surface area is 147 Å². The van der Waals surface area contributed by atoms with Crippen molar-refractivity contribution in [2.24, 2.45) is 5.92 Å². The number of benzene rings is 1. The van der Waals surface area contributed by atoms with Gasteiger partial charge in [-0.15, -0.1) is 0 Å². The van der Waals surface area contributed by atoms with Gasteiger partial charge in [-0.05, 0) is 30.3 Å². The number of likely N-dealkylation sites (tertiary alicyclic amines) is 1. The second kappa shape index (κ2) is 7.71. The van der Waals surface area contributed by atoms with Gasteiger partial charge in [0.1, 0.15) is 11.9 Å². The molecule has 2 heterocycles. The van der Waals surface area contributed by atoms with E-state index < -0.39 is 0 Å². The van der Waals surface area contributed by atoms with Crippen LogP contribution in [0.15, 0.2) is 42.7 Å². The standard InChI is InChI=1S/C18H22ClN3O2/c1-14(13-22-10-2-9-20-22)18(23)21-11-7-17(8-12-21)24-16-5-3-15(19)4-6-16/h2-6,9-10,14,17H,7-8,11-13H2,1H3/t14-/m0/s1. The molecule has 5 nitrogen and oxygen atoms in total. The maximum Gasteiger partial charge on any atom is 0.227 e. The van der Waals surface area contributed by atoms with Crippen molar-refractivity contribution in [3.63, 3.8) is 0 Å². The molecule has 1 aromatic heterocycles. The van der Waals surface area contributed by atoms with Crippen molar-refractivity contribution in [3.8, 4) is 5.75 Å². The summed E-state index contributed by atoms with van der Waals surface area (Å²) in [6, 6.07) is 9.29. The van der Waals surface area contributed by atoms with E-state index >= 15 is 0 Å². The lowest BCUT2D eigenvalue weighted by molar-refractivity contribution is -0.137. The number of rotatable bonds is 5. The predicted molar refractivity (Wildman–Crippen MR) is 93.1 cm³/mol. The topological polar surface area (TPSA) is 47.4 Å². The first-order chi connectivity index (χ1) is 11.6. The normalized spacial score (nSPS) is 16.8. The Bertz CT molecular complexity index is 649. The molecular weight excluding hydrogens is 326 g/mol. The summed E-state index contributed by atoms with van der Waals surface area (Å²) in [6.45, 7) is 4.05. The van der Waals surface area contributed by atoms with Crippen LogP contribution in [-0.2, 0) is 11.3 Å². The van der Waals surface area contributed by atoms with Gasteiger partial charge in [-0.2, -0.15) is 5.10 Å². The van der Waals surface area contributed by atoms with Gasteiger partial charge in [0, 0.05) is 43.3 Å². The third-order valence-corrected chi connectivity index (χ3v) is 4.56. The zero-order valence-corrected chi connectivity index (χ0v) is 14.5. The molecule has 0 unspecified atom stereocenters. The molecule has 1 aliphatic heterocycles. The number of ether oxygens (including phenoxy) is 1. The SMILES string of the molecule is C[C@@H](Cn1cccn1)C(=O)N1CCC(Oc2ccc(Cl)cc2)CC1. The highest BCUT2D eigenvalue weighted by Crippen LogP contribution is 2.22. The molecule has 0 saturated carbocycles. The molecule has 1 fully saturated rings. The lowest BCUT2D eigenvalue weighted by atomic mass is 10.0. The first kappa shape index (κ1) is 16.8. The van der Waals surface area contributed by atoms with Crippen LogP contribution in [0.25, 0.3) is 0 Å². The van der Waals surface area contributed by atoms with Gasteiger partial charge in [0.05, 0.1) is 12.5 Å². The van der Waals surface area contributed by atoms with E-state index in [0.717, 1.165) is 31.7 Å². The molecule has 1 aromatic carbocycles. The Morgan fingerprint density at radius 3 is 2.67 bits per heavy atom. The molecule has 1 atom stereocenters. The molecule has 0 N–H and O–H groups in total. The van der Waals surface area contributed by atoms with Gasteiger partial charge >= 0.3 is 0 Å². The highest BCUT2D eigenvalue weighted by Gasteiger charge is 2.27. The van der Waals surface area contributed by atoms with E-state index in [1.807, 2.05) is 48.4 Å². The Kier molecular flexibility index (Phi) is 5.41. The molecule has 0 spiro atoms. The maximum atomic E-state index is 12.6. The molecule has 128 valence electrons. The van der Waals surface area contributed by atoms with Crippen LogP contribution in [-0.4, -0.2) is 39.8 Å². The van der Waals surface area contributed by atoms with Crippen LogP contribution in [0.5, 0.6) is 5.75 Å². The highest BCUT2D eigenvalue weighted by atomic mass is 35.5. The van der Waals surface area contributed by atoms with Crippen molar-refractivity contribution < 1.29 is 9.53 Å². The van der Waals surface area contributed by atoms with E-state index in [2.05, 4.69) is 5.10 Å². The summed E-state index contributed by atoms with van der Waals surface area (Å²) < 4.78 is 7.78. The second-order valence-corrected chi connectivity index (χ2v) is 6.66. The number of carbonyl (C=O) groups excluding carboxylic acids is 1. The molecule has 1 aliphatic rings. The highest BCUT2D eigenvalue weighted by molar-refractivity contribution is 6.30. The maximum absolute atomic E-state index is 12.6. The average Bonchev–Trinajstić information content (AvgIpc) is 3.10. The summed E-state index contributed by atoms with van der Waals surface area (Å²) in [5.41, 5.74) is 0. The largest absolute Gasteiger partial charge is 0.490 e. The number of carbonyl (C=O) groups is 1. The van der Waals surface area contributed by atoms with Crippen molar-refractivity contribution in [3.05, 3.63) is 47.7 Å². The lowest BCUT2D eigenvalue weighted by Crippen LogP contribution is -2.44. The van der Waals surface area contributed by atoms with Crippen LogP contribution in [0.3, 0.4) is 0 Å². The molecule has 24 heavy (non-hydrogen) atoms. The molecular formula is C18H22ClN3O2. The van der Waals surface area contributed by atoms with Crippen LogP contribution < -0.4 is 4.74 Å². The smallest absolute Gasteiger partial charge is 0.227 e. The van der Waals surface area contributed by atoms with E-state index in [1.54, 1.807) is 10.9 Å². The summed E-state index contributed by atoms with van der Waals surface area (Å²) >= 11 is 5.88. The zero-order chi connectivity index (χ0) is 16.9. The van der Waals surface area contributed by atoms with Gasteiger partial charge < -0.3 is 9.64 Å². The van der Waals surface area contributed by atoms with Crippen LogP contribution in [0.1, 0.15) is 19.8 Å². The summed E-state index contributed by atoms with van der Waals surface area (Å²) in [5, 5.41) is 4.87. The van der Waals surface area contributed by atoms with E-state index in [0.29, 0.717) is 11.6 Å². The average molecular weight is 348 g/mol. The Morgan fingerprint density at radius 1 is 1.33 bits per heavy atom. The van der Waals surface area contributed by atoms with Gasteiger partial charge in [-0.3, -0.25) is 9.48 Å². The van der Waals surface area contributed by atoms with Crippen LogP contribution in [0, 0.1) is 5.92 Å². The fourth-order valence-electron chi connectivity index (χ4n) is 2.98. The summed E-state index contributed by atoms with van der Waals surface area (Å²) in [6.07, 6.45) is 5.47. The first-order valence-corrected chi connectivity index (χ1v) is 8.68. The summed E-state index contributed by atoms with van der Waals surface area (Å²) in [4.78, 5) is 14.5. The first-order valence-electron chi connectivity index (χ1n) is 8.30. The lowest BCUT2D eigenvalue weighted by Gasteiger charge is -2.33. The minimum Gasteiger partial charge on any atom is -0.490 e. The molecule has 6 heteroatoms. The molecule has 1 saturated heterocycles. The van der Waals surface area contributed by atoms with Gasteiger partial charge in [0.2, 0.25) is 5.91 Å². The fourth-order valence-corrected chi connectivity index (χ4v) is 3.10. The van der Waals surface area contributed by atoms with Crippen LogP contribution >= 0.6 is 11.6 Å². The molecule has 1 amide bonds. The zero-order valence-electron chi connectivity index (χ0n) is 13.8. The molecule has 3 rings (SSSR count). The molecule has 0 aliphatic carbocycles. The number of aromatic nitrogens is 2. The number of nitrogens with zero attached hydrogens (tertiary/aromatic N) is 3. The minimum absolute atomic E-state index is 0.0707. The monoisotopic (exact) mass is 347 g/mol. The van der Waals surface area contributed by atoms with E-state index in [1.165, 1.54) is 0 Å². The molecule has 2 aromatic rings. The number of piperidine rings is 1. The van der Waals surface area contributed by atoms with Crippen molar-refractivity contribution in [1.29, 1.82) is 0 Å². The third-order valence-electron chi connectivity index (χ3n) is 4.31. The minimum atomic E-state index is -0.0707. The van der Waals surface area contributed by atoms with Crippen molar-refractivity contribution in [2.75, 3.05) is 13.1 Å². The van der Waals surface area contributed by atoms with Crippen molar-refractivity contribution in [2.45, 2.75) is 32.4 Å². The van der Waals surface area contributed by atoms with E-state index in [-0.39, 0.29) is 17.9 Å². The van der Waals surface area contributed by atoms with Crippen LogP contribution in [0.2, 0.25) is 5.02 Å². The Morgan fingerprint density at radius 2 is 2.04 bits per heavy atom. The quantitative estimate of drug-likeness (QED) is 0.834. The second-order valence-electron chi connectivity index (χ2n) is 6.23. The Balaban J connectivity index is 1.47. The number of amides is 1. The molecule has 0 bridgehead atoms. The van der Waals surface area contributed by atoms with Gasteiger partial charge in [-0.25, -0.2) is 0 Å². The van der Waals surface area contributed by atoms with Gasteiger partial charge in [0.15, 0.2) is 0 Å².